The van der Waals surface area contributed by atoms with Crippen LogP contribution in [0.5, 0.6) is 0 Å². The van der Waals surface area contributed by atoms with Crippen molar-refractivity contribution in [2.45, 2.75) is 71.8 Å². The van der Waals surface area contributed by atoms with Gasteiger partial charge in [0.15, 0.2) is 0 Å². The lowest BCUT2D eigenvalue weighted by Crippen LogP contribution is -2.20. The summed E-state index contributed by atoms with van der Waals surface area (Å²) < 4.78 is 0. The summed E-state index contributed by atoms with van der Waals surface area (Å²) in [6, 6.07) is 9.15. The van der Waals surface area contributed by atoms with E-state index in [1.807, 2.05) is 0 Å². The largest absolute Gasteiger partial charge is 0.310 e. The zero-order chi connectivity index (χ0) is 13.9. The summed E-state index contributed by atoms with van der Waals surface area (Å²) in [5.41, 5.74) is 2.83. The van der Waals surface area contributed by atoms with Gasteiger partial charge in [-0.15, -0.1) is 0 Å². The van der Waals surface area contributed by atoms with Crippen LogP contribution in [0.2, 0.25) is 0 Å². The van der Waals surface area contributed by atoms with Crippen LogP contribution in [0.1, 0.15) is 76.0 Å². The van der Waals surface area contributed by atoms with Crippen molar-refractivity contribution in [2.24, 2.45) is 0 Å². The average molecular weight is 261 g/mol. The van der Waals surface area contributed by atoms with Crippen LogP contribution in [0.4, 0.5) is 0 Å². The van der Waals surface area contributed by atoms with E-state index in [-0.39, 0.29) is 0 Å². The zero-order valence-corrected chi connectivity index (χ0v) is 13.0. The Balaban J connectivity index is 2.08. The Morgan fingerprint density at radius 1 is 0.947 bits per heavy atom. The molecule has 0 spiro atoms. The third-order valence-corrected chi connectivity index (χ3v) is 3.89. The minimum atomic E-state index is 0.473. The average Bonchev–Trinajstić information content (AvgIpc) is 2.42. The fourth-order valence-electron chi connectivity index (χ4n) is 2.58. The molecule has 0 aliphatic carbocycles. The van der Waals surface area contributed by atoms with Crippen LogP contribution in [-0.4, -0.2) is 6.54 Å². The minimum absolute atomic E-state index is 0.473. The third-order valence-electron chi connectivity index (χ3n) is 3.89. The first kappa shape index (κ1) is 16.2. The molecule has 1 aromatic rings. The van der Waals surface area contributed by atoms with E-state index in [1.165, 1.54) is 56.1 Å². The summed E-state index contributed by atoms with van der Waals surface area (Å²) in [7, 11) is 0. The molecule has 0 aromatic heterocycles. The van der Waals surface area contributed by atoms with Crippen molar-refractivity contribution in [1.82, 2.24) is 5.32 Å². The molecule has 0 amide bonds. The van der Waals surface area contributed by atoms with Crippen LogP contribution in [0.15, 0.2) is 24.3 Å². The second-order valence-electron chi connectivity index (χ2n) is 5.65. The van der Waals surface area contributed by atoms with Gasteiger partial charge < -0.3 is 5.32 Å². The van der Waals surface area contributed by atoms with Gasteiger partial charge in [0.1, 0.15) is 0 Å². The van der Waals surface area contributed by atoms with Gasteiger partial charge in [-0.2, -0.15) is 0 Å². The van der Waals surface area contributed by atoms with Gasteiger partial charge in [0.05, 0.1) is 0 Å². The first-order valence-electron chi connectivity index (χ1n) is 8.04. The van der Waals surface area contributed by atoms with E-state index < -0.39 is 0 Å². The first-order valence-corrected chi connectivity index (χ1v) is 8.04. The summed E-state index contributed by atoms with van der Waals surface area (Å²) >= 11 is 0. The highest BCUT2D eigenvalue weighted by Crippen LogP contribution is 2.16. The van der Waals surface area contributed by atoms with Gasteiger partial charge in [0.2, 0.25) is 0 Å². The van der Waals surface area contributed by atoms with Crippen molar-refractivity contribution < 1.29 is 0 Å². The molecule has 1 nitrogen and oxygen atoms in total. The predicted molar refractivity (Wildman–Crippen MR) is 85.6 cm³/mol. The molecule has 0 aliphatic heterocycles. The van der Waals surface area contributed by atoms with Gasteiger partial charge in [-0.3, -0.25) is 0 Å². The molecule has 1 N–H and O–H groups in total. The summed E-state index contributed by atoms with van der Waals surface area (Å²) in [6.45, 7) is 7.88. The lowest BCUT2D eigenvalue weighted by atomic mass is 10.0. The van der Waals surface area contributed by atoms with Crippen LogP contribution in [0.3, 0.4) is 0 Å². The van der Waals surface area contributed by atoms with Crippen molar-refractivity contribution in [3.63, 3.8) is 0 Å². The highest BCUT2D eigenvalue weighted by molar-refractivity contribution is 5.28. The van der Waals surface area contributed by atoms with Gasteiger partial charge in [-0.1, -0.05) is 69.7 Å². The normalized spacial score (nSPS) is 12.6. The van der Waals surface area contributed by atoms with Gasteiger partial charge in [0, 0.05) is 6.04 Å². The smallest absolute Gasteiger partial charge is 0.0294 e. The van der Waals surface area contributed by atoms with Crippen molar-refractivity contribution >= 4 is 0 Å². The predicted octanol–water partition coefficient (Wildman–Crippen LogP) is 5.40. The van der Waals surface area contributed by atoms with Gasteiger partial charge in [0.25, 0.3) is 0 Å². The molecule has 1 aromatic carbocycles. The maximum Gasteiger partial charge on any atom is 0.0294 e. The summed E-state index contributed by atoms with van der Waals surface area (Å²) in [4.78, 5) is 0. The first-order chi connectivity index (χ1) is 9.25. The van der Waals surface area contributed by atoms with E-state index in [2.05, 4.69) is 50.4 Å². The molecular weight excluding hydrogens is 230 g/mol. The van der Waals surface area contributed by atoms with Crippen LogP contribution in [0, 0.1) is 6.92 Å². The maximum atomic E-state index is 3.64. The summed E-state index contributed by atoms with van der Waals surface area (Å²) in [5.74, 6) is 0. The molecule has 1 heteroatoms. The number of benzene rings is 1. The lowest BCUT2D eigenvalue weighted by molar-refractivity contribution is 0.523. The molecule has 108 valence electrons. The molecule has 0 aliphatic rings. The molecule has 1 unspecified atom stereocenters. The molecule has 0 heterocycles. The van der Waals surface area contributed by atoms with E-state index in [1.54, 1.807) is 0 Å². The highest BCUT2D eigenvalue weighted by Gasteiger charge is 2.05. The van der Waals surface area contributed by atoms with E-state index in [0.717, 1.165) is 6.54 Å². The summed E-state index contributed by atoms with van der Waals surface area (Å²) in [5, 5.41) is 3.64. The molecular formula is C18H31N. The maximum absolute atomic E-state index is 3.64. The van der Waals surface area contributed by atoms with Gasteiger partial charge >= 0.3 is 0 Å². The Hall–Kier alpha value is -0.820. The number of unbranched alkanes of at least 4 members (excludes halogenated alkanes) is 6. The molecule has 1 atom stereocenters. The van der Waals surface area contributed by atoms with Crippen LogP contribution >= 0.6 is 0 Å². The van der Waals surface area contributed by atoms with E-state index in [0.29, 0.717) is 6.04 Å². The van der Waals surface area contributed by atoms with Gasteiger partial charge in [-0.25, -0.2) is 0 Å². The summed E-state index contributed by atoms with van der Waals surface area (Å²) in [6.07, 6.45) is 9.67. The topological polar surface area (TPSA) is 12.0 Å². The van der Waals surface area contributed by atoms with Crippen LogP contribution in [0.25, 0.3) is 0 Å². The highest BCUT2D eigenvalue weighted by atomic mass is 14.9. The van der Waals surface area contributed by atoms with Crippen molar-refractivity contribution in [3.8, 4) is 0 Å². The Kier molecular flexibility index (Phi) is 8.57. The van der Waals surface area contributed by atoms with Crippen molar-refractivity contribution in [3.05, 3.63) is 35.4 Å². The fraction of sp³-hybridized carbons (Fsp3) is 0.667. The molecule has 0 saturated heterocycles. The second kappa shape index (κ2) is 10.0. The lowest BCUT2D eigenvalue weighted by Gasteiger charge is -2.16. The number of hydrogen-bond acceptors (Lipinski definition) is 1. The van der Waals surface area contributed by atoms with Crippen molar-refractivity contribution in [2.75, 3.05) is 6.54 Å². The van der Waals surface area contributed by atoms with Crippen LogP contribution in [-0.2, 0) is 0 Å². The van der Waals surface area contributed by atoms with Gasteiger partial charge in [-0.05, 0) is 37.9 Å². The van der Waals surface area contributed by atoms with E-state index >= 15 is 0 Å². The Morgan fingerprint density at radius 2 is 1.58 bits per heavy atom. The SMILES string of the molecule is CCCCCCCCCNC(C)c1ccccc1C. The molecule has 0 radical (unpaired) electrons. The fourth-order valence-corrected chi connectivity index (χ4v) is 2.58. The van der Waals surface area contributed by atoms with E-state index in [4.69, 9.17) is 0 Å². The second-order valence-corrected chi connectivity index (χ2v) is 5.65. The molecule has 0 bridgehead atoms. The van der Waals surface area contributed by atoms with Crippen LogP contribution < -0.4 is 5.32 Å². The number of hydrogen-bond donors (Lipinski definition) is 1. The third kappa shape index (κ3) is 6.77. The van der Waals surface area contributed by atoms with E-state index in [9.17, 15) is 0 Å². The Labute approximate surface area is 119 Å². The Bertz CT molecular complexity index is 332. The quantitative estimate of drug-likeness (QED) is 0.556. The number of rotatable bonds is 10. The molecule has 1 rings (SSSR count). The Morgan fingerprint density at radius 3 is 2.26 bits per heavy atom. The number of aryl methyl sites for hydroxylation is 1. The molecule has 0 fully saturated rings. The standard InChI is InChI=1S/C18H31N/c1-4-5-6-7-8-9-12-15-19-17(3)18-14-11-10-13-16(18)2/h10-11,13-14,17,19H,4-9,12,15H2,1-3H3. The zero-order valence-electron chi connectivity index (χ0n) is 13.0. The number of nitrogens with one attached hydrogen (secondary N) is 1. The monoisotopic (exact) mass is 261 g/mol. The molecule has 19 heavy (non-hydrogen) atoms. The van der Waals surface area contributed by atoms with Crippen molar-refractivity contribution in [1.29, 1.82) is 0 Å². The minimum Gasteiger partial charge on any atom is -0.310 e. The molecule has 0 saturated carbocycles.